The molecule has 0 fully saturated rings. The van der Waals surface area contributed by atoms with E-state index in [9.17, 15) is 0 Å². The maximum Gasteiger partial charge on any atom is 0.233 e. The summed E-state index contributed by atoms with van der Waals surface area (Å²) in [4.78, 5) is 8.23. The number of methoxy groups -OCH3 is 1. The van der Waals surface area contributed by atoms with Crippen molar-refractivity contribution < 1.29 is 4.74 Å². The van der Waals surface area contributed by atoms with Crippen LogP contribution in [0, 0.1) is 0 Å². The van der Waals surface area contributed by atoms with Crippen molar-refractivity contribution in [1.29, 1.82) is 0 Å². The van der Waals surface area contributed by atoms with Crippen LogP contribution in [0.3, 0.4) is 0 Å². The molecule has 7 nitrogen and oxygen atoms in total. The summed E-state index contributed by atoms with van der Waals surface area (Å²) in [7, 11) is 1.52. The molecule has 0 unspecified atom stereocenters. The van der Waals surface area contributed by atoms with Crippen LogP contribution in [-0.4, -0.2) is 27.3 Å². The van der Waals surface area contributed by atoms with Crippen LogP contribution in [0.25, 0.3) is 11.5 Å². The normalized spacial score (nSPS) is 10.2. The summed E-state index contributed by atoms with van der Waals surface area (Å²) in [6.07, 6.45) is 1.59. The van der Waals surface area contributed by atoms with E-state index in [2.05, 4.69) is 20.2 Å². The number of rotatable bonds is 3. The van der Waals surface area contributed by atoms with Gasteiger partial charge in [0.1, 0.15) is 11.5 Å². The number of nitrogen functional groups attached to an aromatic ring is 1. The molecule has 2 aromatic rings. The Hall–Kier alpha value is -2.28. The lowest BCUT2D eigenvalue weighted by Crippen LogP contribution is -2.06. The van der Waals surface area contributed by atoms with E-state index >= 15 is 0 Å². The summed E-state index contributed by atoms with van der Waals surface area (Å²) in [5, 5.41) is 7.76. The maximum absolute atomic E-state index is 5.72. The number of ether oxygens (including phenoxy) is 1. The third-order valence-electron chi connectivity index (χ3n) is 2.20. The van der Waals surface area contributed by atoms with E-state index in [-0.39, 0.29) is 0 Å². The summed E-state index contributed by atoms with van der Waals surface area (Å²) in [6, 6.07) is 3.39. The average molecular weight is 232 g/mol. The molecule has 88 valence electrons. The third kappa shape index (κ3) is 2.28. The topological polar surface area (TPSA) is 113 Å². The van der Waals surface area contributed by atoms with Crippen molar-refractivity contribution in [3.63, 3.8) is 0 Å². The molecular weight excluding hydrogens is 220 g/mol. The van der Waals surface area contributed by atoms with Crippen molar-refractivity contribution in [2.45, 2.75) is 6.54 Å². The molecule has 0 amide bonds. The van der Waals surface area contributed by atoms with E-state index in [1.165, 1.54) is 7.11 Å². The summed E-state index contributed by atoms with van der Waals surface area (Å²) < 4.78 is 4.91. The van der Waals surface area contributed by atoms with E-state index in [1.54, 1.807) is 18.3 Å². The number of aromatic nitrogens is 4. The zero-order chi connectivity index (χ0) is 12.3. The zero-order valence-corrected chi connectivity index (χ0v) is 9.29. The molecule has 0 atom stereocenters. The second-order valence-electron chi connectivity index (χ2n) is 3.27. The van der Waals surface area contributed by atoms with Crippen LogP contribution in [-0.2, 0) is 6.54 Å². The molecule has 0 bridgehead atoms. The van der Waals surface area contributed by atoms with Crippen molar-refractivity contribution in [2.24, 2.45) is 5.73 Å². The third-order valence-corrected chi connectivity index (χ3v) is 2.20. The smallest absolute Gasteiger partial charge is 0.233 e. The van der Waals surface area contributed by atoms with Crippen LogP contribution in [0.2, 0.25) is 0 Å². The Bertz CT molecular complexity index is 513. The minimum absolute atomic E-state index is 0.306. The van der Waals surface area contributed by atoms with Crippen LogP contribution >= 0.6 is 0 Å². The molecule has 0 saturated carbocycles. The zero-order valence-electron chi connectivity index (χ0n) is 9.29. The molecular formula is C10H12N6O. The SMILES string of the molecule is COc1ccc(-c2ncc(CN)c(N)n2)nn1. The Morgan fingerprint density at radius 1 is 1.29 bits per heavy atom. The number of hydrogen-bond donors (Lipinski definition) is 2. The summed E-state index contributed by atoms with van der Waals surface area (Å²) >= 11 is 0. The highest BCUT2D eigenvalue weighted by Gasteiger charge is 2.07. The Kier molecular flexibility index (Phi) is 3.10. The van der Waals surface area contributed by atoms with Crippen molar-refractivity contribution in [2.75, 3.05) is 12.8 Å². The fraction of sp³-hybridized carbons (Fsp3) is 0.200. The van der Waals surface area contributed by atoms with Crippen molar-refractivity contribution >= 4 is 5.82 Å². The monoisotopic (exact) mass is 232 g/mol. The molecule has 0 aromatic carbocycles. The molecule has 17 heavy (non-hydrogen) atoms. The molecule has 7 heteroatoms. The lowest BCUT2D eigenvalue weighted by molar-refractivity contribution is 0.392. The largest absolute Gasteiger partial charge is 0.480 e. The van der Waals surface area contributed by atoms with Crippen LogP contribution in [0.4, 0.5) is 5.82 Å². The van der Waals surface area contributed by atoms with E-state index < -0.39 is 0 Å². The number of nitrogens with two attached hydrogens (primary N) is 2. The maximum atomic E-state index is 5.72. The van der Waals surface area contributed by atoms with E-state index in [1.807, 2.05) is 0 Å². The van der Waals surface area contributed by atoms with Gasteiger partial charge in [0, 0.05) is 24.4 Å². The van der Waals surface area contributed by atoms with Gasteiger partial charge in [-0.25, -0.2) is 9.97 Å². The van der Waals surface area contributed by atoms with Gasteiger partial charge in [0.25, 0.3) is 0 Å². The first-order chi connectivity index (χ1) is 8.24. The van der Waals surface area contributed by atoms with E-state index in [4.69, 9.17) is 16.2 Å². The standard InChI is InChI=1S/C10H12N6O/c1-17-8-3-2-7(15-16-8)10-13-5-6(4-11)9(12)14-10/h2-3,5H,4,11H2,1H3,(H2,12,13,14). The highest BCUT2D eigenvalue weighted by molar-refractivity contribution is 5.52. The molecule has 0 spiro atoms. The van der Waals surface area contributed by atoms with E-state index in [0.717, 1.165) is 0 Å². The van der Waals surface area contributed by atoms with Gasteiger partial charge in [-0.1, -0.05) is 0 Å². The quantitative estimate of drug-likeness (QED) is 0.764. The molecule has 0 saturated heterocycles. The van der Waals surface area contributed by atoms with Gasteiger partial charge in [-0.2, -0.15) is 0 Å². The van der Waals surface area contributed by atoms with Gasteiger partial charge in [-0.15, -0.1) is 10.2 Å². The number of anilines is 1. The second kappa shape index (κ2) is 4.71. The Morgan fingerprint density at radius 2 is 2.12 bits per heavy atom. The first-order valence-corrected chi connectivity index (χ1v) is 4.94. The van der Waals surface area contributed by atoms with Gasteiger partial charge >= 0.3 is 0 Å². The summed E-state index contributed by atoms with van der Waals surface area (Å²) in [5.74, 6) is 1.20. The number of nitrogens with zero attached hydrogens (tertiary/aromatic N) is 4. The molecule has 0 aliphatic rings. The van der Waals surface area contributed by atoms with Gasteiger partial charge in [0.2, 0.25) is 5.88 Å². The minimum atomic E-state index is 0.306. The average Bonchev–Trinajstić information content (AvgIpc) is 2.39. The van der Waals surface area contributed by atoms with Gasteiger partial charge in [-0.3, -0.25) is 0 Å². The molecule has 0 aliphatic heterocycles. The first-order valence-electron chi connectivity index (χ1n) is 4.94. The predicted molar refractivity (Wildman–Crippen MR) is 61.9 cm³/mol. The molecule has 4 N–H and O–H groups in total. The highest BCUT2D eigenvalue weighted by Crippen LogP contribution is 2.16. The molecule has 0 radical (unpaired) electrons. The Balaban J connectivity index is 2.35. The Labute approximate surface area is 97.9 Å². The first kappa shape index (κ1) is 11.2. The molecule has 2 aromatic heterocycles. The fourth-order valence-corrected chi connectivity index (χ4v) is 1.25. The van der Waals surface area contributed by atoms with Gasteiger partial charge in [0.05, 0.1) is 7.11 Å². The van der Waals surface area contributed by atoms with Gasteiger partial charge in [0.15, 0.2) is 5.82 Å². The van der Waals surface area contributed by atoms with Crippen LogP contribution in [0.1, 0.15) is 5.56 Å². The van der Waals surface area contributed by atoms with E-state index in [0.29, 0.717) is 35.3 Å². The lowest BCUT2D eigenvalue weighted by Gasteiger charge is -2.04. The molecule has 2 heterocycles. The molecule has 0 aliphatic carbocycles. The predicted octanol–water partition coefficient (Wildman–Crippen LogP) is -0.0169. The van der Waals surface area contributed by atoms with Crippen LogP contribution in [0.15, 0.2) is 18.3 Å². The second-order valence-corrected chi connectivity index (χ2v) is 3.27. The lowest BCUT2D eigenvalue weighted by atomic mass is 10.3. The minimum Gasteiger partial charge on any atom is -0.480 e. The number of hydrogen-bond acceptors (Lipinski definition) is 7. The van der Waals surface area contributed by atoms with Gasteiger partial charge in [-0.05, 0) is 6.07 Å². The fourth-order valence-electron chi connectivity index (χ4n) is 1.25. The van der Waals surface area contributed by atoms with Crippen molar-refractivity contribution in [3.05, 3.63) is 23.9 Å². The summed E-state index contributed by atoms with van der Waals surface area (Å²) in [5.41, 5.74) is 12.4. The van der Waals surface area contributed by atoms with Gasteiger partial charge < -0.3 is 16.2 Å². The van der Waals surface area contributed by atoms with Crippen LogP contribution < -0.4 is 16.2 Å². The highest BCUT2D eigenvalue weighted by atomic mass is 16.5. The van der Waals surface area contributed by atoms with Crippen molar-refractivity contribution in [3.8, 4) is 17.4 Å². The summed E-state index contributed by atoms with van der Waals surface area (Å²) in [6.45, 7) is 0.306. The Morgan fingerprint density at radius 3 is 2.65 bits per heavy atom. The van der Waals surface area contributed by atoms with Crippen LogP contribution in [0.5, 0.6) is 5.88 Å². The molecule has 2 rings (SSSR count). The van der Waals surface area contributed by atoms with Crippen molar-refractivity contribution in [1.82, 2.24) is 20.2 Å².